The van der Waals surface area contributed by atoms with Crippen molar-refractivity contribution in [1.29, 1.82) is 0 Å². The van der Waals surface area contributed by atoms with Crippen LogP contribution in [0.15, 0.2) is 23.1 Å². The normalized spacial score (nSPS) is 22.6. The van der Waals surface area contributed by atoms with E-state index < -0.39 is 45.7 Å². The van der Waals surface area contributed by atoms with Gasteiger partial charge in [-0.2, -0.15) is 4.31 Å². The maximum Gasteiger partial charge on any atom is 0.325 e. The van der Waals surface area contributed by atoms with Crippen LogP contribution >= 0.6 is 0 Å². The lowest BCUT2D eigenvalue weighted by Gasteiger charge is -2.26. The topological polar surface area (TPSA) is 131 Å². The Balaban J connectivity index is 1.78. The van der Waals surface area contributed by atoms with Gasteiger partial charge in [-0.25, -0.2) is 8.42 Å². The summed E-state index contributed by atoms with van der Waals surface area (Å²) < 4.78 is 43.4. The smallest absolute Gasteiger partial charge is 0.325 e. The third-order valence-electron chi connectivity index (χ3n) is 4.79. The number of nitrogens with one attached hydrogen (secondary N) is 1. The van der Waals surface area contributed by atoms with Crippen LogP contribution in [-0.4, -0.2) is 73.3 Å². The lowest BCUT2D eigenvalue weighted by Crippen LogP contribution is -2.48. The molecule has 2 N–H and O–H groups in total. The molecule has 10 nitrogen and oxygen atoms in total. The highest BCUT2D eigenvalue weighted by atomic mass is 32.2. The van der Waals surface area contributed by atoms with E-state index in [1.54, 1.807) is 20.8 Å². The number of carbonyl (C=O) groups is 2. The number of aliphatic hydroxyl groups excluding tert-OH is 1. The molecule has 0 unspecified atom stereocenters. The summed E-state index contributed by atoms with van der Waals surface area (Å²) in [6, 6.07) is 2.92. The number of esters is 1. The monoisotopic (exact) mass is 456 g/mol. The molecule has 3 rings (SSSR count). The van der Waals surface area contributed by atoms with E-state index in [0.29, 0.717) is 24.7 Å². The molecule has 11 heteroatoms. The summed E-state index contributed by atoms with van der Waals surface area (Å²) in [5.74, 6) is -0.671. The highest BCUT2D eigenvalue weighted by Gasteiger charge is 2.45. The van der Waals surface area contributed by atoms with Crippen molar-refractivity contribution in [1.82, 2.24) is 9.62 Å². The van der Waals surface area contributed by atoms with Crippen LogP contribution in [0.25, 0.3) is 0 Å². The molecule has 0 spiro atoms. The third kappa shape index (κ3) is 5.28. The summed E-state index contributed by atoms with van der Waals surface area (Å²) in [5, 5.41) is 12.8. The summed E-state index contributed by atoms with van der Waals surface area (Å²) in [4.78, 5) is 24.8. The molecule has 0 aromatic heterocycles. The van der Waals surface area contributed by atoms with Crippen LogP contribution in [0, 0.1) is 0 Å². The van der Waals surface area contributed by atoms with Gasteiger partial charge in [-0.05, 0) is 39.8 Å². The number of sulfonamides is 1. The van der Waals surface area contributed by atoms with Gasteiger partial charge >= 0.3 is 5.97 Å². The molecule has 1 aromatic rings. The summed E-state index contributed by atoms with van der Waals surface area (Å²) in [7, 11) is -4.15. The van der Waals surface area contributed by atoms with Crippen molar-refractivity contribution in [3.8, 4) is 11.5 Å². The molecule has 0 saturated carbocycles. The number of benzene rings is 1. The Morgan fingerprint density at radius 3 is 2.52 bits per heavy atom. The molecule has 2 aliphatic heterocycles. The average molecular weight is 457 g/mol. The molecule has 3 atom stereocenters. The Morgan fingerprint density at radius 2 is 1.87 bits per heavy atom. The molecule has 31 heavy (non-hydrogen) atoms. The number of fused-ring (bicyclic) bond motifs is 1. The van der Waals surface area contributed by atoms with E-state index in [4.69, 9.17) is 14.2 Å². The van der Waals surface area contributed by atoms with Crippen molar-refractivity contribution in [2.75, 3.05) is 19.8 Å². The average Bonchev–Trinajstić information content (AvgIpc) is 3.09. The molecule has 0 bridgehead atoms. The predicted molar refractivity (Wildman–Crippen MR) is 109 cm³/mol. The van der Waals surface area contributed by atoms with Gasteiger partial charge in [0.25, 0.3) is 5.91 Å². The van der Waals surface area contributed by atoms with Crippen LogP contribution in [0.4, 0.5) is 0 Å². The highest BCUT2D eigenvalue weighted by Crippen LogP contribution is 2.35. The molecule has 172 valence electrons. The van der Waals surface area contributed by atoms with Crippen molar-refractivity contribution in [2.45, 2.75) is 62.8 Å². The Labute approximate surface area is 181 Å². The molecule has 0 aliphatic carbocycles. The summed E-state index contributed by atoms with van der Waals surface area (Å²) in [5.41, 5.74) is -0.519. The summed E-state index contributed by atoms with van der Waals surface area (Å²) in [6.07, 6.45) is -2.29. The van der Waals surface area contributed by atoms with Gasteiger partial charge in [0.05, 0.1) is 11.0 Å². The van der Waals surface area contributed by atoms with E-state index in [1.165, 1.54) is 25.1 Å². The Kier molecular flexibility index (Phi) is 6.49. The van der Waals surface area contributed by atoms with Crippen LogP contribution in [0.1, 0.15) is 34.1 Å². The fourth-order valence-electron chi connectivity index (χ4n) is 3.36. The van der Waals surface area contributed by atoms with Gasteiger partial charge in [-0.3, -0.25) is 9.59 Å². The van der Waals surface area contributed by atoms with Crippen molar-refractivity contribution in [2.24, 2.45) is 0 Å². The second-order valence-electron chi connectivity index (χ2n) is 8.60. The zero-order valence-corrected chi connectivity index (χ0v) is 18.8. The lowest BCUT2D eigenvalue weighted by atomic mass is 10.1. The SMILES string of the molecule is C[C@H](OC(=O)[C@@H]1C[C@H](O)CN1S(=O)(=O)c1ccc2c(c1)OCCO2)C(=O)NC(C)(C)C. The molecule has 2 aliphatic rings. The number of rotatable bonds is 5. The van der Waals surface area contributed by atoms with E-state index >= 15 is 0 Å². The fraction of sp³-hybridized carbons (Fsp3) is 0.600. The quantitative estimate of drug-likeness (QED) is 0.610. The summed E-state index contributed by atoms with van der Waals surface area (Å²) in [6.45, 7) is 7.16. The van der Waals surface area contributed by atoms with E-state index in [0.717, 1.165) is 4.31 Å². The van der Waals surface area contributed by atoms with Gasteiger partial charge in [-0.15, -0.1) is 0 Å². The Hall–Kier alpha value is -2.37. The molecule has 1 amide bonds. The number of ether oxygens (including phenoxy) is 3. The first-order valence-corrected chi connectivity index (χ1v) is 11.4. The number of amides is 1. The minimum absolute atomic E-state index is 0.0952. The number of aliphatic hydroxyl groups is 1. The second-order valence-corrected chi connectivity index (χ2v) is 10.5. The van der Waals surface area contributed by atoms with Crippen LogP contribution < -0.4 is 14.8 Å². The summed E-state index contributed by atoms with van der Waals surface area (Å²) >= 11 is 0. The molecule has 1 saturated heterocycles. The minimum Gasteiger partial charge on any atom is -0.486 e. The maximum atomic E-state index is 13.2. The number of hydrogen-bond acceptors (Lipinski definition) is 8. The van der Waals surface area contributed by atoms with E-state index in [1.807, 2.05) is 0 Å². The zero-order valence-electron chi connectivity index (χ0n) is 18.0. The third-order valence-corrected chi connectivity index (χ3v) is 6.66. The van der Waals surface area contributed by atoms with Gasteiger partial charge in [-0.1, -0.05) is 0 Å². The maximum absolute atomic E-state index is 13.2. The predicted octanol–water partition coefficient (Wildman–Crippen LogP) is 0.428. The molecule has 2 heterocycles. The Morgan fingerprint density at radius 1 is 1.23 bits per heavy atom. The first-order valence-electron chi connectivity index (χ1n) is 10.0. The van der Waals surface area contributed by atoms with Crippen molar-refractivity contribution in [3.63, 3.8) is 0 Å². The van der Waals surface area contributed by atoms with E-state index in [-0.39, 0.29) is 17.9 Å². The molecule has 1 aromatic carbocycles. The first-order chi connectivity index (χ1) is 14.4. The van der Waals surface area contributed by atoms with E-state index in [9.17, 15) is 23.1 Å². The van der Waals surface area contributed by atoms with Gasteiger partial charge in [0.2, 0.25) is 10.0 Å². The number of carbonyl (C=O) groups excluding carboxylic acids is 2. The Bertz CT molecular complexity index is 956. The molecule has 1 fully saturated rings. The molecular weight excluding hydrogens is 428 g/mol. The standard InChI is InChI=1S/C20H28N2O8S/c1-12(18(24)21-20(2,3)4)30-19(25)15-9-13(23)11-22(15)31(26,27)14-5-6-16-17(10-14)29-8-7-28-16/h5-6,10,12-13,15,23H,7-9,11H2,1-4H3,(H,21,24)/t12-,13-,15-/m0/s1. The first kappa shape index (κ1) is 23.3. The van der Waals surface area contributed by atoms with Crippen LogP contribution in [-0.2, 0) is 24.3 Å². The largest absolute Gasteiger partial charge is 0.486 e. The number of nitrogens with zero attached hydrogens (tertiary/aromatic N) is 1. The van der Waals surface area contributed by atoms with Crippen molar-refractivity contribution in [3.05, 3.63) is 18.2 Å². The van der Waals surface area contributed by atoms with Gasteiger partial charge in [0.15, 0.2) is 17.6 Å². The van der Waals surface area contributed by atoms with Crippen LogP contribution in [0.3, 0.4) is 0 Å². The number of β-amino-alcohol motifs (C(OH)–C–C–N with tert-alkyl or cyclic N) is 1. The molecule has 0 radical (unpaired) electrons. The minimum atomic E-state index is -4.15. The zero-order chi connectivity index (χ0) is 23.0. The fourth-order valence-corrected chi connectivity index (χ4v) is 5.00. The molecular formula is C20H28N2O8S. The number of hydrogen-bond donors (Lipinski definition) is 2. The second kappa shape index (κ2) is 8.64. The van der Waals surface area contributed by atoms with Crippen LogP contribution in [0.5, 0.6) is 11.5 Å². The lowest BCUT2D eigenvalue weighted by molar-refractivity contribution is -0.158. The highest BCUT2D eigenvalue weighted by molar-refractivity contribution is 7.89. The van der Waals surface area contributed by atoms with E-state index in [2.05, 4.69) is 5.32 Å². The van der Waals surface area contributed by atoms with Gasteiger partial charge in [0, 0.05) is 24.6 Å². The van der Waals surface area contributed by atoms with Crippen molar-refractivity contribution >= 4 is 21.9 Å². The van der Waals surface area contributed by atoms with Gasteiger partial charge in [0.1, 0.15) is 19.3 Å². The van der Waals surface area contributed by atoms with Crippen LogP contribution in [0.2, 0.25) is 0 Å². The van der Waals surface area contributed by atoms with Gasteiger partial charge < -0.3 is 24.6 Å². The van der Waals surface area contributed by atoms with Crippen molar-refractivity contribution < 1.29 is 37.3 Å².